The van der Waals surface area contributed by atoms with Crippen LogP contribution in [0.3, 0.4) is 0 Å². The molecular formula is C17H27NO3. The van der Waals surface area contributed by atoms with Gasteiger partial charge in [0.05, 0.1) is 25.9 Å². The van der Waals surface area contributed by atoms with Crippen molar-refractivity contribution in [1.82, 2.24) is 0 Å². The molecule has 2 rings (SSSR count). The van der Waals surface area contributed by atoms with Crippen LogP contribution in [0.25, 0.3) is 0 Å². The van der Waals surface area contributed by atoms with Crippen LogP contribution in [0.2, 0.25) is 0 Å². The summed E-state index contributed by atoms with van der Waals surface area (Å²) in [4.78, 5) is 0. The summed E-state index contributed by atoms with van der Waals surface area (Å²) in [6, 6.07) is 5.87. The number of nitrogens with one attached hydrogen (secondary N) is 1. The molecule has 0 aliphatic heterocycles. The van der Waals surface area contributed by atoms with Gasteiger partial charge in [0.15, 0.2) is 0 Å². The Morgan fingerprint density at radius 2 is 2.05 bits per heavy atom. The lowest BCUT2D eigenvalue weighted by atomic mass is 9.98. The number of aryl methyl sites for hydroxylation is 1. The van der Waals surface area contributed by atoms with Crippen molar-refractivity contribution < 1.29 is 14.6 Å². The molecule has 0 radical (unpaired) electrons. The van der Waals surface area contributed by atoms with Crippen LogP contribution in [-0.4, -0.2) is 37.6 Å². The van der Waals surface area contributed by atoms with Crippen LogP contribution in [0.15, 0.2) is 18.2 Å². The predicted octanol–water partition coefficient (Wildman–Crippen LogP) is 3.13. The molecule has 1 aliphatic carbocycles. The SMILES string of the molecule is COc1ccc(NCC(O)COC2CCCCC2)c(C)c1. The molecule has 0 heterocycles. The molecule has 21 heavy (non-hydrogen) atoms. The van der Waals surface area contributed by atoms with E-state index in [-0.39, 0.29) is 0 Å². The van der Waals surface area contributed by atoms with Crippen molar-refractivity contribution in [3.05, 3.63) is 23.8 Å². The summed E-state index contributed by atoms with van der Waals surface area (Å²) in [6.07, 6.45) is 5.97. The Balaban J connectivity index is 1.71. The summed E-state index contributed by atoms with van der Waals surface area (Å²) in [6.45, 7) is 2.93. The van der Waals surface area contributed by atoms with Crippen LogP contribution in [0.5, 0.6) is 5.75 Å². The Hall–Kier alpha value is -1.26. The van der Waals surface area contributed by atoms with Gasteiger partial charge in [0.25, 0.3) is 0 Å². The average molecular weight is 293 g/mol. The molecule has 1 atom stereocenters. The average Bonchev–Trinajstić information content (AvgIpc) is 2.52. The van der Waals surface area contributed by atoms with Gasteiger partial charge < -0.3 is 19.9 Å². The zero-order chi connectivity index (χ0) is 15.1. The molecule has 1 aliphatic rings. The number of methoxy groups -OCH3 is 1. The molecule has 1 aromatic carbocycles. The second kappa shape index (κ2) is 8.25. The van der Waals surface area contributed by atoms with Crippen LogP contribution in [0.1, 0.15) is 37.7 Å². The van der Waals surface area contributed by atoms with Crippen molar-refractivity contribution >= 4 is 5.69 Å². The molecule has 2 N–H and O–H groups in total. The van der Waals surface area contributed by atoms with E-state index in [0.29, 0.717) is 19.3 Å². The standard InChI is InChI=1S/C17H27NO3/c1-13-10-16(20-2)8-9-17(13)18-11-14(19)12-21-15-6-4-3-5-7-15/h8-10,14-15,18-19H,3-7,11-12H2,1-2H3. The third-order valence-corrected chi connectivity index (χ3v) is 4.04. The number of hydrogen-bond donors (Lipinski definition) is 2. The zero-order valence-corrected chi connectivity index (χ0v) is 13.1. The Morgan fingerprint density at radius 3 is 2.71 bits per heavy atom. The minimum Gasteiger partial charge on any atom is -0.497 e. The summed E-state index contributed by atoms with van der Waals surface area (Å²) in [5, 5.41) is 13.3. The molecule has 0 bridgehead atoms. The molecule has 118 valence electrons. The number of ether oxygens (including phenoxy) is 2. The first-order chi connectivity index (χ1) is 10.2. The highest BCUT2D eigenvalue weighted by Crippen LogP contribution is 2.22. The lowest BCUT2D eigenvalue weighted by molar-refractivity contribution is -0.0195. The quantitative estimate of drug-likeness (QED) is 0.811. The first-order valence-corrected chi connectivity index (χ1v) is 7.87. The van der Waals surface area contributed by atoms with E-state index in [9.17, 15) is 5.11 Å². The van der Waals surface area contributed by atoms with Gasteiger partial charge in [-0.2, -0.15) is 0 Å². The fourth-order valence-electron chi connectivity index (χ4n) is 2.73. The van der Waals surface area contributed by atoms with Gasteiger partial charge in [0, 0.05) is 12.2 Å². The predicted molar refractivity (Wildman–Crippen MR) is 85.1 cm³/mol. The van der Waals surface area contributed by atoms with Crippen LogP contribution in [0, 0.1) is 6.92 Å². The number of rotatable bonds is 7. The number of hydrogen-bond acceptors (Lipinski definition) is 4. The maximum absolute atomic E-state index is 10.0. The highest BCUT2D eigenvalue weighted by Gasteiger charge is 2.15. The molecule has 0 saturated heterocycles. The Kier molecular flexibility index (Phi) is 6.33. The molecule has 0 spiro atoms. The van der Waals surface area contributed by atoms with Crippen LogP contribution in [0.4, 0.5) is 5.69 Å². The van der Waals surface area contributed by atoms with Crippen molar-refractivity contribution in [1.29, 1.82) is 0 Å². The van der Waals surface area contributed by atoms with E-state index in [2.05, 4.69) is 5.32 Å². The molecule has 1 saturated carbocycles. The first kappa shape index (κ1) is 16.1. The number of anilines is 1. The van der Waals surface area contributed by atoms with Crippen molar-refractivity contribution in [3.63, 3.8) is 0 Å². The monoisotopic (exact) mass is 293 g/mol. The summed E-state index contributed by atoms with van der Waals surface area (Å²) in [5.74, 6) is 0.847. The Labute approximate surface area is 127 Å². The second-order valence-corrected chi connectivity index (χ2v) is 5.81. The zero-order valence-electron chi connectivity index (χ0n) is 13.1. The van der Waals surface area contributed by atoms with Gasteiger partial charge in [-0.25, -0.2) is 0 Å². The fourth-order valence-corrected chi connectivity index (χ4v) is 2.73. The van der Waals surface area contributed by atoms with Crippen molar-refractivity contribution in [2.75, 3.05) is 25.6 Å². The van der Waals surface area contributed by atoms with Gasteiger partial charge in [0.2, 0.25) is 0 Å². The minimum atomic E-state index is -0.478. The summed E-state index contributed by atoms with van der Waals surface area (Å²) in [7, 11) is 1.66. The van der Waals surface area contributed by atoms with Gasteiger partial charge in [-0.05, 0) is 43.5 Å². The Morgan fingerprint density at radius 1 is 1.29 bits per heavy atom. The molecule has 0 amide bonds. The highest BCUT2D eigenvalue weighted by molar-refractivity contribution is 5.53. The van der Waals surface area contributed by atoms with Crippen molar-refractivity contribution in [2.45, 2.75) is 51.2 Å². The third kappa shape index (κ3) is 5.21. The number of aliphatic hydroxyl groups excluding tert-OH is 1. The van der Waals surface area contributed by atoms with Gasteiger partial charge in [-0.3, -0.25) is 0 Å². The van der Waals surface area contributed by atoms with E-state index in [1.54, 1.807) is 7.11 Å². The molecule has 4 heteroatoms. The van der Waals surface area contributed by atoms with Gasteiger partial charge in [-0.1, -0.05) is 19.3 Å². The number of aliphatic hydroxyl groups is 1. The highest BCUT2D eigenvalue weighted by atomic mass is 16.5. The molecule has 1 fully saturated rings. The van der Waals surface area contributed by atoms with E-state index in [0.717, 1.165) is 29.8 Å². The normalized spacial score (nSPS) is 17.5. The largest absolute Gasteiger partial charge is 0.497 e. The second-order valence-electron chi connectivity index (χ2n) is 5.81. The molecule has 4 nitrogen and oxygen atoms in total. The van der Waals surface area contributed by atoms with Gasteiger partial charge in [-0.15, -0.1) is 0 Å². The molecule has 1 aromatic rings. The lowest BCUT2D eigenvalue weighted by Gasteiger charge is -2.23. The minimum absolute atomic E-state index is 0.344. The molecule has 1 unspecified atom stereocenters. The van der Waals surface area contributed by atoms with Crippen molar-refractivity contribution in [3.8, 4) is 5.75 Å². The van der Waals surface area contributed by atoms with Gasteiger partial charge in [0.1, 0.15) is 5.75 Å². The first-order valence-electron chi connectivity index (χ1n) is 7.87. The van der Waals surface area contributed by atoms with Gasteiger partial charge >= 0.3 is 0 Å². The molecular weight excluding hydrogens is 266 g/mol. The Bertz CT molecular complexity index is 430. The van der Waals surface area contributed by atoms with E-state index >= 15 is 0 Å². The fraction of sp³-hybridized carbons (Fsp3) is 0.647. The summed E-state index contributed by atoms with van der Waals surface area (Å²) >= 11 is 0. The maximum Gasteiger partial charge on any atom is 0.119 e. The molecule has 0 aromatic heterocycles. The van der Waals surface area contributed by atoms with E-state index in [1.165, 1.54) is 19.3 Å². The summed E-state index contributed by atoms with van der Waals surface area (Å²) < 4.78 is 11.0. The lowest BCUT2D eigenvalue weighted by Crippen LogP contribution is -2.28. The third-order valence-electron chi connectivity index (χ3n) is 4.04. The van der Waals surface area contributed by atoms with Crippen LogP contribution in [-0.2, 0) is 4.74 Å². The van der Waals surface area contributed by atoms with E-state index < -0.39 is 6.10 Å². The summed E-state index contributed by atoms with van der Waals surface area (Å²) in [5.41, 5.74) is 2.13. The van der Waals surface area contributed by atoms with Crippen LogP contribution < -0.4 is 10.1 Å². The van der Waals surface area contributed by atoms with E-state index in [4.69, 9.17) is 9.47 Å². The topological polar surface area (TPSA) is 50.7 Å². The maximum atomic E-state index is 10.0. The number of benzene rings is 1. The van der Waals surface area contributed by atoms with Crippen molar-refractivity contribution in [2.24, 2.45) is 0 Å². The van der Waals surface area contributed by atoms with E-state index in [1.807, 2.05) is 25.1 Å². The smallest absolute Gasteiger partial charge is 0.119 e. The van der Waals surface area contributed by atoms with Crippen LogP contribution >= 0.6 is 0 Å².